The van der Waals surface area contributed by atoms with Crippen LogP contribution in [0.3, 0.4) is 0 Å². The summed E-state index contributed by atoms with van der Waals surface area (Å²) in [6, 6.07) is 27.5. The molecule has 3 aliphatic heterocycles. The number of nitriles is 2. The van der Waals surface area contributed by atoms with Gasteiger partial charge in [-0.15, -0.1) is 0 Å². The van der Waals surface area contributed by atoms with Gasteiger partial charge in [0.1, 0.15) is 28.3 Å². The number of hydrogen-bond donors (Lipinski definition) is 0. The van der Waals surface area contributed by atoms with Crippen LogP contribution < -0.4 is 9.80 Å². The molecule has 0 amide bonds. The van der Waals surface area contributed by atoms with Gasteiger partial charge in [0.15, 0.2) is 0 Å². The standard InChI is InChI=1S/C29H21Cl3N6S/c30-19-5-9-21(10-6-19)36-15-28(13-33)25(23-3-1-2-4-24(23)32)29(14-34,16-36)27(39)38-18-37(17-35-26(28)38)22-11-7-20(31)8-12-22/h1-12,25H,15-18H2. The van der Waals surface area contributed by atoms with Crippen LogP contribution in [0.1, 0.15) is 11.5 Å². The summed E-state index contributed by atoms with van der Waals surface area (Å²) in [4.78, 5) is 11.4. The smallest absolute Gasteiger partial charge is 0.141 e. The van der Waals surface area contributed by atoms with Crippen LogP contribution in [-0.4, -0.2) is 42.2 Å². The maximum atomic E-state index is 11.0. The first-order chi connectivity index (χ1) is 18.8. The van der Waals surface area contributed by atoms with Gasteiger partial charge in [-0.05, 0) is 60.2 Å². The van der Waals surface area contributed by atoms with Gasteiger partial charge < -0.3 is 14.7 Å². The van der Waals surface area contributed by atoms with Crippen molar-refractivity contribution >= 4 is 69.2 Å². The van der Waals surface area contributed by atoms with E-state index < -0.39 is 16.7 Å². The second-order valence-corrected chi connectivity index (χ2v) is 11.6. The lowest BCUT2D eigenvalue weighted by Crippen LogP contribution is -2.73. The molecule has 0 saturated carbocycles. The second kappa shape index (κ2) is 9.70. The first-order valence-corrected chi connectivity index (χ1v) is 13.8. The van der Waals surface area contributed by atoms with E-state index in [0.717, 1.165) is 16.9 Å². The number of benzene rings is 3. The van der Waals surface area contributed by atoms with Gasteiger partial charge in [-0.25, -0.2) is 4.99 Å². The topological polar surface area (TPSA) is 69.7 Å². The SMILES string of the molecule is N#CC12CN(c3ccc(Cl)cc3)CC(C#N)(C3=NCN(c4ccc(Cl)cc4)CN3C1=S)C2c1ccccc1Cl. The quantitative estimate of drug-likeness (QED) is 0.314. The molecule has 3 atom stereocenters. The van der Waals surface area contributed by atoms with Gasteiger partial charge in [-0.1, -0.05) is 65.2 Å². The van der Waals surface area contributed by atoms with Crippen molar-refractivity contribution in [3.8, 4) is 12.1 Å². The minimum absolute atomic E-state index is 0.286. The van der Waals surface area contributed by atoms with E-state index in [1.165, 1.54) is 0 Å². The lowest BCUT2D eigenvalue weighted by Gasteiger charge is -2.61. The molecular weight excluding hydrogens is 571 g/mol. The summed E-state index contributed by atoms with van der Waals surface area (Å²) in [5.74, 6) is -0.0449. The maximum Gasteiger partial charge on any atom is 0.141 e. The summed E-state index contributed by atoms with van der Waals surface area (Å²) in [5.41, 5.74) is 0.0564. The van der Waals surface area contributed by atoms with Crippen molar-refractivity contribution in [1.82, 2.24) is 4.90 Å². The zero-order chi connectivity index (χ0) is 27.4. The van der Waals surface area contributed by atoms with Gasteiger partial charge in [-0.3, -0.25) is 0 Å². The van der Waals surface area contributed by atoms with Crippen molar-refractivity contribution in [3.63, 3.8) is 0 Å². The fourth-order valence-electron chi connectivity index (χ4n) is 6.14. The third-order valence-corrected chi connectivity index (χ3v) is 9.28. The molecule has 0 aliphatic carbocycles. The minimum Gasteiger partial charge on any atom is -0.367 e. The fraction of sp³-hybridized carbons (Fsp3) is 0.241. The van der Waals surface area contributed by atoms with Crippen LogP contribution in [0.2, 0.25) is 15.1 Å². The van der Waals surface area contributed by atoms with Gasteiger partial charge in [0, 0.05) is 45.5 Å². The van der Waals surface area contributed by atoms with Crippen molar-refractivity contribution in [2.45, 2.75) is 5.92 Å². The zero-order valence-corrected chi connectivity index (χ0v) is 23.6. The van der Waals surface area contributed by atoms with Crippen LogP contribution in [0.25, 0.3) is 0 Å². The molecule has 3 aromatic rings. The summed E-state index contributed by atoms with van der Waals surface area (Å²) in [5, 5.41) is 23.8. The highest BCUT2D eigenvalue weighted by Gasteiger charge is 2.68. The Hall–Kier alpha value is -3.33. The van der Waals surface area contributed by atoms with Crippen LogP contribution >= 0.6 is 47.0 Å². The van der Waals surface area contributed by atoms with E-state index in [9.17, 15) is 10.5 Å². The largest absolute Gasteiger partial charge is 0.367 e. The Balaban J connectivity index is 1.55. The first kappa shape index (κ1) is 25.9. The molecule has 3 unspecified atom stereocenters. The third-order valence-electron chi connectivity index (χ3n) is 7.85. The summed E-state index contributed by atoms with van der Waals surface area (Å²) in [6.07, 6.45) is 0. The van der Waals surface area contributed by atoms with Gasteiger partial charge >= 0.3 is 0 Å². The van der Waals surface area contributed by atoms with Gasteiger partial charge in [0.25, 0.3) is 0 Å². The number of thiocarbonyl (C=S) groups is 1. The van der Waals surface area contributed by atoms with E-state index in [1.54, 1.807) is 18.2 Å². The average molecular weight is 592 g/mol. The number of halogens is 3. The fourth-order valence-corrected chi connectivity index (χ4v) is 7.01. The van der Waals surface area contributed by atoms with E-state index in [-0.39, 0.29) is 6.54 Å². The normalized spacial score (nSPS) is 25.9. The highest BCUT2D eigenvalue weighted by Crippen LogP contribution is 2.59. The van der Waals surface area contributed by atoms with Gasteiger partial charge in [0.2, 0.25) is 0 Å². The highest BCUT2D eigenvalue weighted by atomic mass is 35.5. The van der Waals surface area contributed by atoms with E-state index in [1.807, 2.05) is 69.3 Å². The monoisotopic (exact) mass is 590 g/mol. The van der Waals surface area contributed by atoms with Gasteiger partial charge in [0.05, 0.1) is 18.8 Å². The molecule has 0 radical (unpaired) electrons. The predicted octanol–water partition coefficient (Wildman–Crippen LogP) is 6.75. The van der Waals surface area contributed by atoms with E-state index in [4.69, 9.17) is 52.0 Å². The molecular formula is C29H21Cl3N6S. The Labute approximate surface area is 247 Å². The molecule has 6 rings (SSSR count). The van der Waals surface area contributed by atoms with Crippen molar-refractivity contribution in [2.75, 3.05) is 36.2 Å². The van der Waals surface area contributed by atoms with Crippen LogP contribution in [-0.2, 0) is 0 Å². The van der Waals surface area contributed by atoms with Crippen LogP contribution in [0.4, 0.5) is 11.4 Å². The third kappa shape index (κ3) is 3.96. The summed E-state index contributed by atoms with van der Waals surface area (Å²) >= 11 is 25.2. The summed E-state index contributed by atoms with van der Waals surface area (Å²) in [6.45, 7) is 1.29. The summed E-state index contributed by atoms with van der Waals surface area (Å²) in [7, 11) is 0. The average Bonchev–Trinajstić information content (AvgIpc) is 2.96. The highest BCUT2D eigenvalue weighted by molar-refractivity contribution is 7.80. The van der Waals surface area contributed by atoms with E-state index in [2.05, 4.69) is 12.1 Å². The molecule has 2 fully saturated rings. The number of rotatable bonds is 3. The molecule has 0 aromatic heterocycles. The molecule has 0 N–H and O–H groups in total. The van der Waals surface area contributed by atoms with Crippen molar-refractivity contribution in [2.24, 2.45) is 15.8 Å². The Morgan fingerprint density at radius 3 is 1.95 bits per heavy atom. The Bertz CT molecular complexity index is 1580. The molecule has 3 heterocycles. The van der Waals surface area contributed by atoms with Gasteiger partial charge in [-0.2, -0.15) is 10.5 Å². The van der Waals surface area contributed by atoms with Crippen molar-refractivity contribution < 1.29 is 0 Å². The number of hydrogen-bond acceptors (Lipinski definition) is 6. The minimum atomic E-state index is -1.24. The predicted molar refractivity (Wildman–Crippen MR) is 159 cm³/mol. The second-order valence-electron chi connectivity index (χ2n) is 9.97. The Morgan fingerprint density at radius 1 is 0.795 bits per heavy atom. The Morgan fingerprint density at radius 2 is 1.36 bits per heavy atom. The maximum absolute atomic E-state index is 11.0. The van der Waals surface area contributed by atoms with Crippen LogP contribution in [0, 0.1) is 33.5 Å². The zero-order valence-electron chi connectivity index (χ0n) is 20.6. The van der Waals surface area contributed by atoms with Crippen LogP contribution in [0.15, 0.2) is 77.8 Å². The molecule has 2 bridgehead atoms. The molecule has 6 nitrogen and oxygen atoms in total. The number of anilines is 2. The number of amidine groups is 1. The molecule has 0 spiro atoms. The molecule has 39 heavy (non-hydrogen) atoms. The Kier molecular flexibility index (Phi) is 6.44. The molecule has 3 aliphatic rings. The van der Waals surface area contributed by atoms with Crippen molar-refractivity contribution in [3.05, 3.63) is 93.4 Å². The van der Waals surface area contributed by atoms with E-state index in [0.29, 0.717) is 45.8 Å². The number of fused-ring (bicyclic) bond motifs is 4. The number of nitrogens with zero attached hydrogens (tertiary/aromatic N) is 6. The number of piperidine rings is 2. The summed E-state index contributed by atoms with van der Waals surface area (Å²) < 4.78 is 0. The first-order valence-electron chi connectivity index (χ1n) is 12.3. The van der Waals surface area contributed by atoms with Crippen molar-refractivity contribution in [1.29, 1.82) is 10.5 Å². The molecule has 3 aromatic carbocycles. The molecule has 194 valence electrons. The lowest BCUT2D eigenvalue weighted by atomic mass is 9.53. The van der Waals surface area contributed by atoms with Crippen LogP contribution in [0.5, 0.6) is 0 Å². The van der Waals surface area contributed by atoms with E-state index >= 15 is 0 Å². The lowest BCUT2D eigenvalue weighted by molar-refractivity contribution is 0.206. The number of aliphatic imine (C=N–C) groups is 1. The molecule has 10 heteroatoms. The molecule has 2 saturated heterocycles.